The van der Waals surface area contributed by atoms with Crippen LogP contribution >= 0.6 is 11.8 Å². The van der Waals surface area contributed by atoms with Crippen molar-refractivity contribution >= 4 is 17.4 Å². The lowest BCUT2D eigenvalue weighted by Crippen LogP contribution is -2.33. The van der Waals surface area contributed by atoms with E-state index >= 15 is 0 Å². The third kappa shape index (κ3) is 3.93. The van der Waals surface area contributed by atoms with Gasteiger partial charge in [-0.3, -0.25) is 0 Å². The van der Waals surface area contributed by atoms with Crippen LogP contribution in [-0.2, 0) is 0 Å². The SMILES string of the molecule is CCSc1ccccc1NCC1CCCNC1. The Labute approximate surface area is 109 Å². The van der Waals surface area contributed by atoms with Crippen molar-refractivity contribution in [3.05, 3.63) is 24.3 Å². The Morgan fingerprint density at radius 3 is 3.06 bits per heavy atom. The monoisotopic (exact) mass is 250 g/mol. The van der Waals surface area contributed by atoms with Gasteiger partial charge in [0.2, 0.25) is 0 Å². The van der Waals surface area contributed by atoms with E-state index in [0.717, 1.165) is 24.8 Å². The molecule has 0 saturated carbocycles. The first-order chi connectivity index (χ1) is 8.40. The first-order valence-electron chi connectivity index (χ1n) is 6.56. The molecule has 2 rings (SSSR count). The van der Waals surface area contributed by atoms with E-state index in [1.807, 2.05) is 11.8 Å². The largest absolute Gasteiger partial charge is 0.384 e. The highest BCUT2D eigenvalue weighted by Crippen LogP contribution is 2.27. The molecule has 2 N–H and O–H groups in total. The van der Waals surface area contributed by atoms with Crippen molar-refractivity contribution in [2.24, 2.45) is 5.92 Å². The first kappa shape index (κ1) is 12.8. The molecule has 0 bridgehead atoms. The summed E-state index contributed by atoms with van der Waals surface area (Å²) in [6.45, 7) is 5.65. The van der Waals surface area contributed by atoms with Crippen molar-refractivity contribution < 1.29 is 0 Å². The fraction of sp³-hybridized carbons (Fsp3) is 0.571. The van der Waals surface area contributed by atoms with Gasteiger partial charge in [0.05, 0.1) is 0 Å². The maximum absolute atomic E-state index is 3.61. The van der Waals surface area contributed by atoms with Gasteiger partial charge in [0.15, 0.2) is 0 Å². The minimum absolute atomic E-state index is 0.781. The van der Waals surface area contributed by atoms with Crippen LogP contribution in [0.1, 0.15) is 19.8 Å². The van der Waals surface area contributed by atoms with Gasteiger partial charge in [0.1, 0.15) is 0 Å². The number of piperidine rings is 1. The molecule has 0 amide bonds. The molecular weight excluding hydrogens is 228 g/mol. The molecule has 1 fully saturated rings. The van der Waals surface area contributed by atoms with Crippen LogP contribution in [0.25, 0.3) is 0 Å². The van der Waals surface area contributed by atoms with E-state index < -0.39 is 0 Å². The number of thioether (sulfide) groups is 1. The van der Waals surface area contributed by atoms with Crippen LogP contribution in [0, 0.1) is 5.92 Å². The van der Waals surface area contributed by atoms with Gasteiger partial charge in [-0.05, 0) is 49.7 Å². The molecule has 3 heteroatoms. The predicted molar refractivity (Wildman–Crippen MR) is 76.9 cm³/mol. The Morgan fingerprint density at radius 1 is 1.41 bits per heavy atom. The molecular formula is C14H22N2S. The Bertz CT molecular complexity index is 335. The van der Waals surface area contributed by atoms with Gasteiger partial charge in [-0.25, -0.2) is 0 Å². The van der Waals surface area contributed by atoms with Crippen LogP contribution in [-0.4, -0.2) is 25.4 Å². The fourth-order valence-electron chi connectivity index (χ4n) is 2.25. The summed E-state index contributed by atoms with van der Waals surface area (Å²) in [5.41, 5.74) is 1.30. The van der Waals surface area contributed by atoms with Gasteiger partial charge >= 0.3 is 0 Å². The lowest BCUT2D eigenvalue weighted by Gasteiger charge is -2.23. The summed E-state index contributed by atoms with van der Waals surface area (Å²) in [7, 11) is 0. The lowest BCUT2D eigenvalue weighted by atomic mass is 10.00. The number of hydrogen-bond acceptors (Lipinski definition) is 3. The second-order valence-electron chi connectivity index (χ2n) is 4.52. The minimum Gasteiger partial charge on any atom is -0.384 e. The van der Waals surface area contributed by atoms with Gasteiger partial charge < -0.3 is 10.6 Å². The van der Waals surface area contributed by atoms with Gasteiger partial charge in [-0.15, -0.1) is 11.8 Å². The van der Waals surface area contributed by atoms with E-state index in [4.69, 9.17) is 0 Å². The van der Waals surface area contributed by atoms with Crippen molar-refractivity contribution in [2.75, 3.05) is 30.7 Å². The van der Waals surface area contributed by atoms with Gasteiger partial charge in [0.25, 0.3) is 0 Å². The summed E-state index contributed by atoms with van der Waals surface area (Å²) in [6, 6.07) is 8.62. The van der Waals surface area contributed by atoms with Crippen LogP contribution in [0.5, 0.6) is 0 Å². The smallest absolute Gasteiger partial charge is 0.0478 e. The second kappa shape index (κ2) is 6.92. The van der Waals surface area contributed by atoms with E-state index in [9.17, 15) is 0 Å². The molecule has 0 spiro atoms. The summed E-state index contributed by atoms with van der Waals surface area (Å²) in [6.07, 6.45) is 2.67. The summed E-state index contributed by atoms with van der Waals surface area (Å²) in [4.78, 5) is 1.37. The van der Waals surface area contributed by atoms with Gasteiger partial charge in [-0.2, -0.15) is 0 Å². The number of hydrogen-bond donors (Lipinski definition) is 2. The molecule has 0 aliphatic carbocycles. The molecule has 17 heavy (non-hydrogen) atoms. The Balaban J connectivity index is 1.88. The molecule has 1 aromatic carbocycles. The van der Waals surface area contributed by atoms with Crippen molar-refractivity contribution in [1.29, 1.82) is 0 Å². The zero-order chi connectivity index (χ0) is 11.9. The topological polar surface area (TPSA) is 24.1 Å². The number of nitrogens with one attached hydrogen (secondary N) is 2. The van der Waals surface area contributed by atoms with Gasteiger partial charge in [0, 0.05) is 17.1 Å². The van der Waals surface area contributed by atoms with Crippen LogP contribution in [0.4, 0.5) is 5.69 Å². The Hall–Kier alpha value is -0.670. The molecule has 1 unspecified atom stereocenters. The Morgan fingerprint density at radius 2 is 2.29 bits per heavy atom. The van der Waals surface area contributed by atoms with Crippen LogP contribution < -0.4 is 10.6 Å². The number of para-hydroxylation sites is 1. The maximum atomic E-state index is 3.61. The predicted octanol–water partition coefficient (Wildman–Crippen LogP) is 3.21. The second-order valence-corrected chi connectivity index (χ2v) is 5.83. The standard InChI is InChI=1S/C14H22N2S/c1-2-17-14-8-4-3-7-13(14)16-11-12-6-5-9-15-10-12/h3-4,7-8,12,15-16H,2,5-6,9-11H2,1H3. The zero-order valence-electron chi connectivity index (χ0n) is 10.5. The Kier molecular flexibility index (Phi) is 5.20. The average molecular weight is 250 g/mol. The summed E-state index contributed by atoms with van der Waals surface area (Å²) >= 11 is 1.91. The highest BCUT2D eigenvalue weighted by atomic mass is 32.2. The quantitative estimate of drug-likeness (QED) is 0.785. The summed E-state index contributed by atoms with van der Waals surface area (Å²) in [5.74, 6) is 1.91. The van der Waals surface area contributed by atoms with Crippen molar-refractivity contribution in [2.45, 2.75) is 24.7 Å². The van der Waals surface area contributed by atoms with Crippen LogP contribution in [0.2, 0.25) is 0 Å². The highest BCUT2D eigenvalue weighted by Gasteiger charge is 2.12. The third-order valence-corrected chi connectivity index (χ3v) is 4.12. The van der Waals surface area contributed by atoms with E-state index in [1.54, 1.807) is 0 Å². The molecule has 2 nitrogen and oxygen atoms in total. The van der Waals surface area contributed by atoms with E-state index in [2.05, 4.69) is 41.8 Å². The van der Waals surface area contributed by atoms with Crippen molar-refractivity contribution in [3.63, 3.8) is 0 Å². The number of anilines is 1. The van der Waals surface area contributed by atoms with Gasteiger partial charge in [-0.1, -0.05) is 19.1 Å². The van der Waals surface area contributed by atoms with E-state index in [0.29, 0.717) is 0 Å². The van der Waals surface area contributed by atoms with Crippen molar-refractivity contribution in [1.82, 2.24) is 5.32 Å². The molecule has 1 saturated heterocycles. The van der Waals surface area contributed by atoms with E-state index in [1.165, 1.54) is 30.0 Å². The molecule has 1 heterocycles. The summed E-state index contributed by atoms with van der Waals surface area (Å²) in [5, 5.41) is 7.07. The zero-order valence-corrected chi connectivity index (χ0v) is 11.4. The number of rotatable bonds is 5. The van der Waals surface area contributed by atoms with E-state index in [-0.39, 0.29) is 0 Å². The molecule has 94 valence electrons. The minimum atomic E-state index is 0.781. The molecule has 1 aliphatic rings. The normalized spacial score (nSPS) is 20.2. The maximum Gasteiger partial charge on any atom is 0.0478 e. The lowest BCUT2D eigenvalue weighted by molar-refractivity contribution is 0.393. The number of benzene rings is 1. The molecule has 0 aromatic heterocycles. The highest BCUT2D eigenvalue weighted by molar-refractivity contribution is 7.99. The molecule has 1 aliphatic heterocycles. The van der Waals surface area contributed by atoms with Crippen LogP contribution in [0.3, 0.4) is 0 Å². The summed E-state index contributed by atoms with van der Waals surface area (Å²) < 4.78 is 0. The fourth-order valence-corrected chi connectivity index (χ4v) is 3.03. The van der Waals surface area contributed by atoms with Crippen LogP contribution in [0.15, 0.2) is 29.2 Å². The molecule has 1 aromatic rings. The first-order valence-corrected chi connectivity index (χ1v) is 7.55. The third-order valence-electron chi connectivity index (χ3n) is 3.17. The molecule has 0 radical (unpaired) electrons. The molecule has 1 atom stereocenters. The van der Waals surface area contributed by atoms with Crippen molar-refractivity contribution in [3.8, 4) is 0 Å². The average Bonchev–Trinajstić information content (AvgIpc) is 2.39.